The molecule has 2 heterocycles. The minimum absolute atomic E-state index is 0.292. The number of rotatable bonds is 4. The molecule has 1 aliphatic carbocycles. The second-order valence-electron chi connectivity index (χ2n) is 7.89. The maximum atomic E-state index is 11.2. The van der Waals surface area contributed by atoms with Gasteiger partial charge in [-0.25, -0.2) is 0 Å². The number of thioether (sulfide) groups is 1. The Morgan fingerprint density at radius 1 is 1.33 bits per heavy atom. The van der Waals surface area contributed by atoms with Gasteiger partial charge in [-0.05, 0) is 67.2 Å². The van der Waals surface area contributed by atoms with Gasteiger partial charge in [0.05, 0.1) is 5.75 Å². The van der Waals surface area contributed by atoms with Crippen molar-refractivity contribution in [3.8, 4) is 0 Å². The van der Waals surface area contributed by atoms with Gasteiger partial charge in [0.15, 0.2) is 0 Å². The Kier molecular flexibility index (Phi) is 7.04. The average molecular weight is 387 g/mol. The number of likely N-dealkylation sites (tertiary alicyclic amines) is 1. The molecule has 2 aliphatic heterocycles. The summed E-state index contributed by atoms with van der Waals surface area (Å²) in [6, 6.07) is 7.55. The van der Waals surface area contributed by atoms with Gasteiger partial charge in [0.1, 0.15) is 5.78 Å². The number of hydrogen-bond acceptors (Lipinski definition) is 4. The van der Waals surface area contributed by atoms with Gasteiger partial charge < -0.3 is 10.2 Å². The van der Waals surface area contributed by atoms with E-state index in [9.17, 15) is 4.79 Å². The zero-order valence-electron chi connectivity index (χ0n) is 17.3. The third-order valence-corrected chi connectivity index (χ3v) is 7.29. The number of piperidine rings is 1. The van der Waals surface area contributed by atoms with Crippen molar-refractivity contribution in [3.63, 3.8) is 0 Å². The third-order valence-electron chi connectivity index (χ3n) is 5.97. The molecule has 0 saturated carbocycles. The SMILES string of the molecule is CC.CC(=O)CSCC1CC2c3cccc4c3C(=CNCC4)CC2N(C)C1. The standard InChI is InChI=1S/C21H28N2OS.C2H6/c1-14(24)12-25-13-15-8-19-18-5-3-4-16-6-7-22-10-17(21(16)18)9-20(19)23(2)11-15;1-2/h3-5,10,15,19-20,22H,6-9,11-13H2,1-2H3;1-2H3. The van der Waals surface area contributed by atoms with Gasteiger partial charge in [0.25, 0.3) is 0 Å². The summed E-state index contributed by atoms with van der Waals surface area (Å²) in [5.41, 5.74) is 6.12. The number of carbonyl (C=O) groups is 1. The molecular weight excluding hydrogens is 352 g/mol. The zero-order chi connectivity index (χ0) is 19.4. The van der Waals surface area contributed by atoms with Crippen LogP contribution in [-0.4, -0.2) is 48.4 Å². The summed E-state index contributed by atoms with van der Waals surface area (Å²) in [4.78, 5) is 13.8. The molecule has 4 heteroatoms. The second kappa shape index (κ2) is 9.29. The number of nitrogens with zero attached hydrogens (tertiary/aromatic N) is 1. The zero-order valence-corrected chi connectivity index (χ0v) is 18.1. The number of benzene rings is 1. The van der Waals surface area contributed by atoms with Gasteiger partial charge in [0.2, 0.25) is 0 Å². The van der Waals surface area contributed by atoms with E-state index in [2.05, 4.69) is 41.7 Å². The van der Waals surface area contributed by atoms with E-state index in [4.69, 9.17) is 0 Å². The Hall–Kier alpha value is -1.26. The Labute approximate surface area is 169 Å². The molecule has 1 N–H and O–H groups in total. The Balaban J connectivity index is 0.00000102. The quantitative estimate of drug-likeness (QED) is 0.835. The van der Waals surface area contributed by atoms with Crippen molar-refractivity contribution in [2.24, 2.45) is 5.92 Å². The minimum Gasteiger partial charge on any atom is -0.390 e. The molecule has 0 amide bonds. The van der Waals surface area contributed by atoms with E-state index in [1.165, 1.54) is 17.6 Å². The van der Waals surface area contributed by atoms with Gasteiger partial charge in [-0.3, -0.25) is 4.79 Å². The summed E-state index contributed by atoms with van der Waals surface area (Å²) in [7, 11) is 2.29. The first-order valence-electron chi connectivity index (χ1n) is 10.5. The van der Waals surface area contributed by atoms with E-state index in [0.717, 1.165) is 31.7 Å². The van der Waals surface area contributed by atoms with E-state index in [1.54, 1.807) is 18.1 Å². The average Bonchev–Trinajstić information content (AvgIpc) is 2.87. The van der Waals surface area contributed by atoms with Crippen LogP contribution in [0.1, 0.15) is 56.2 Å². The van der Waals surface area contributed by atoms with Gasteiger partial charge >= 0.3 is 0 Å². The predicted molar refractivity (Wildman–Crippen MR) is 117 cm³/mol. The highest BCUT2D eigenvalue weighted by molar-refractivity contribution is 7.99. The lowest BCUT2D eigenvalue weighted by Gasteiger charge is -2.47. The molecule has 1 aromatic carbocycles. The van der Waals surface area contributed by atoms with Gasteiger partial charge in [-0.1, -0.05) is 32.0 Å². The molecule has 1 aromatic rings. The first-order valence-corrected chi connectivity index (χ1v) is 11.6. The fourth-order valence-electron chi connectivity index (χ4n) is 4.95. The summed E-state index contributed by atoms with van der Waals surface area (Å²) < 4.78 is 0. The summed E-state index contributed by atoms with van der Waals surface area (Å²) >= 11 is 1.82. The number of likely N-dealkylation sites (N-methyl/N-ethyl adjacent to an activating group) is 1. The van der Waals surface area contributed by atoms with Gasteiger partial charge in [0, 0.05) is 31.2 Å². The fourth-order valence-corrected chi connectivity index (χ4v) is 5.93. The number of Topliss-reactive ketones (excluding diaryl/α,β-unsaturated/α-hetero) is 1. The van der Waals surface area contributed by atoms with Crippen LogP contribution in [-0.2, 0) is 11.2 Å². The Morgan fingerprint density at radius 3 is 2.93 bits per heavy atom. The van der Waals surface area contributed by atoms with Gasteiger partial charge in [-0.15, -0.1) is 0 Å². The van der Waals surface area contributed by atoms with Crippen molar-refractivity contribution in [2.45, 2.75) is 52.0 Å². The molecular formula is C23H34N2OS. The third kappa shape index (κ3) is 4.43. The van der Waals surface area contributed by atoms with Crippen molar-refractivity contribution in [3.05, 3.63) is 41.1 Å². The molecule has 0 radical (unpaired) electrons. The van der Waals surface area contributed by atoms with Crippen LogP contribution in [0.4, 0.5) is 0 Å². The highest BCUT2D eigenvalue weighted by Gasteiger charge is 2.40. The van der Waals surface area contributed by atoms with E-state index < -0.39 is 0 Å². The molecule has 0 aromatic heterocycles. The lowest BCUT2D eigenvalue weighted by atomic mass is 9.69. The van der Waals surface area contributed by atoms with Crippen LogP contribution in [0.3, 0.4) is 0 Å². The van der Waals surface area contributed by atoms with Crippen LogP contribution in [0.2, 0.25) is 0 Å². The molecule has 4 rings (SSSR count). The van der Waals surface area contributed by atoms with Crippen LogP contribution in [0.15, 0.2) is 24.4 Å². The number of nitrogens with one attached hydrogen (secondary N) is 1. The molecule has 27 heavy (non-hydrogen) atoms. The highest BCUT2D eigenvalue weighted by atomic mass is 32.2. The minimum atomic E-state index is 0.292. The van der Waals surface area contributed by atoms with Crippen molar-refractivity contribution in [2.75, 3.05) is 31.6 Å². The summed E-state index contributed by atoms with van der Waals surface area (Å²) in [6.07, 6.45) is 5.81. The molecule has 0 bridgehead atoms. The van der Waals surface area contributed by atoms with Crippen LogP contribution >= 0.6 is 11.8 Å². The van der Waals surface area contributed by atoms with E-state index in [0.29, 0.717) is 29.4 Å². The Morgan fingerprint density at radius 2 is 2.15 bits per heavy atom. The molecule has 3 nitrogen and oxygen atoms in total. The predicted octanol–water partition coefficient (Wildman–Crippen LogP) is 4.33. The maximum absolute atomic E-state index is 11.2. The topological polar surface area (TPSA) is 32.3 Å². The highest BCUT2D eigenvalue weighted by Crippen LogP contribution is 2.47. The van der Waals surface area contributed by atoms with Crippen LogP contribution < -0.4 is 5.32 Å². The lowest BCUT2D eigenvalue weighted by Crippen LogP contribution is -2.48. The van der Waals surface area contributed by atoms with Crippen LogP contribution in [0.5, 0.6) is 0 Å². The lowest BCUT2D eigenvalue weighted by molar-refractivity contribution is -0.114. The van der Waals surface area contributed by atoms with Gasteiger partial charge in [-0.2, -0.15) is 11.8 Å². The molecule has 1 fully saturated rings. The molecule has 148 valence electrons. The van der Waals surface area contributed by atoms with Crippen molar-refractivity contribution >= 4 is 23.1 Å². The molecule has 0 spiro atoms. The van der Waals surface area contributed by atoms with E-state index >= 15 is 0 Å². The van der Waals surface area contributed by atoms with E-state index in [-0.39, 0.29) is 0 Å². The van der Waals surface area contributed by atoms with Crippen LogP contribution in [0.25, 0.3) is 5.57 Å². The number of fused-ring (bicyclic) bond motifs is 2. The normalized spacial score (nSPS) is 26.4. The second-order valence-corrected chi connectivity index (χ2v) is 8.92. The van der Waals surface area contributed by atoms with Crippen molar-refractivity contribution in [1.82, 2.24) is 10.2 Å². The van der Waals surface area contributed by atoms with Crippen LogP contribution in [0, 0.1) is 5.92 Å². The molecule has 1 saturated heterocycles. The van der Waals surface area contributed by atoms with E-state index in [1.807, 2.05) is 25.6 Å². The van der Waals surface area contributed by atoms with Crippen molar-refractivity contribution in [1.29, 1.82) is 0 Å². The molecule has 3 aliphatic rings. The summed E-state index contributed by atoms with van der Waals surface area (Å²) in [5.74, 6) is 3.37. The van der Waals surface area contributed by atoms with Crippen molar-refractivity contribution < 1.29 is 4.79 Å². The monoisotopic (exact) mass is 386 g/mol. The molecule has 3 atom stereocenters. The number of hydrogen-bond donors (Lipinski definition) is 1. The smallest absolute Gasteiger partial charge is 0.139 e. The first kappa shape index (κ1) is 20.5. The fraction of sp³-hybridized carbons (Fsp3) is 0.609. The number of ketones is 1. The largest absolute Gasteiger partial charge is 0.390 e. The maximum Gasteiger partial charge on any atom is 0.139 e. The summed E-state index contributed by atoms with van der Waals surface area (Å²) in [6.45, 7) is 7.88. The summed E-state index contributed by atoms with van der Waals surface area (Å²) in [5, 5.41) is 3.50. The molecule has 3 unspecified atom stereocenters. The number of carbonyl (C=O) groups excluding carboxylic acids is 1. The first-order chi connectivity index (χ1) is 13.1. The Bertz CT molecular complexity index is 700.